The molecule has 0 bridgehead atoms. The van der Waals surface area contributed by atoms with Gasteiger partial charge in [-0.05, 0) is 22.8 Å². The van der Waals surface area contributed by atoms with Crippen LogP contribution in [0.4, 0.5) is 4.39 Å². The number of nitrogens with zero attached hydrogens (tertiary/aromatic N) is 1. The Balaban J connectivity index is 1.61. The van der Waals surface area contributed by atoms with E-state index in [1.165, 1.54) is 11.6 Å². The van der Waals surface area contributed by atoms with Gasteiger partial charge in [0.05, 0.1) is 6.61 Å². The van der Waals surface area contributed by atoms with Gasteiger partial charge in [0.15, 0.2) is 0 Å². The van der Waals surface area contributed by atoms with E-state index in [2.05, 4.69) is 17.0 Å². The second-order valence-corrected chi connectivity index (χ2v) is 7.64. The van der Waals surface area contributed by atoms with E-state index in [4.69, 9.17) is 4.74 Å². The molecule has 1 heterocycles. The summed E-state index contributed by atoms with van der Waals surface area (Å²) in [6.07, 6.45) is -0.296. The fraction of sp³-hybridized carbons (Fsp3) is 0.280. The van der Waals surface area contributed by atoms with Crippen molar-refractivity contribution in [2.75, 3.05) is 19.7 Å². The van der Waals surface area contributed by atoms with Gasteiger partial charge in [0.25, 0.3) is 0 Å². The number of hydrogen-bond donors (Lipinski definition) is 1. The van der Waals surface area contributed by atoms with E-state index in [1.807, 2.05) is 48.5 Å². The third kappa shape index (κ3) is 4.56. The maximum Gasteiger partial charge on any atom is 0.126 e. The maximum absolute atomic E-state index is 14.4. The minimum absolute atomic E-state index is 0.160. The molecule has 1 aliphatic heterocycles. The predicted octanol–water partition coefficient (Wildman–Crippen LogP) is 4.16. The van der Waals surface area contributed by atoms with Crippen LogP contribution >= 0.6 is 0 Å². The number of halogens is 1. The third-order valence-corrected chi connectivity index (χ3v) is 5.62. The van der Waals surface area contributed by atoms with Crippen LogP contribution in [0.2, 0.25) is 0 Å². The average Bonchev–Trinajstić information content (AvgIpc) is 2.77. The highest BCUT2D eigenvalue weighted by atomic mass is 19.1. The first-order valence-electron chi connectivity index (χ1n) is 10.0. The second-order valence-electron chi connectivity index (χ2n) is 7.64. The molecule has 0 radical (unpaired) electrons. The topological polar surface area (TPSA) is 32.7 Å². The summed E-state index contributed by atoms with van der Waals surface area (Å²) in [5, 5.41) is 11.9. The number of morpholine rings is 1. The normalized spacial score (nSPS) is 19.6. The summed E-state index contributed by atoms with van der Waals surface area (Å²) in [5.74, 6) is -0.307. The largest absolute Gasteiger partial charge is 0.382 e. The summed E-state index contributed by atoms with van der Waals surface area (Å²) in [5.41, 5.74) is 1.14. The van der Waals surface area contributed by atoms with Gasteiger partial charge in [-0.2, -0.15) is 0 Å². The maximum atomic E-state index is 14.4. The molecule has 3 aromatic rings. The lowest BCUT2D eigenvalue weighted by atomic mass is 9.81. The monoisotopic (exact) mass is 391 g/mol. The van der Waals surface area contributed by atoms with E-state index in [9.17, 15) is 9.50 Å². The van der Waals surface area contributed by atoms with Crippen molar-refractivity contribution < 1.29 is 14.2 Å². The molecule has 4 heteroatoms. The summed E-state index contributed by atoms with van der Waals surface area (Å²) in [6.45, 7) is 2.71. The van der Waals surface area contributed by atoms with E-state index < -0.39 is 11.7 Å². The Hall–Kier alpha value is -2.53. The molecule has 1 unspecified atom stereocenters. The van der Waals surface area contributed by atoms with Crippen LogP contribution in [0.15, 0.2) is 84.9 Å². The van der Waals surface area contributed by atoms with Crippen LogP contribution in [0.5, 0.6) is 0 Å². The lowest BCUT2D eigenvalue weighted by Gasteiger charge is -2.42. The SMILES string of the molecule is O[C@](Cc1ccccc1F)(c1ccccc1)C1CN(Cc2ccccc2)CCO1. The van der Waals surface area contributed by atoms with Gasteiger partial charge in [-0.25, -0.2) is 4.39 Å². The minimum atomic E-state index is -1.32. The summed E-state index contributed by atoms with van der Waals surface area (Å²) >= 11 is 0. The van der Waals surface area contributed by atoms with Gasteiger partial charge < -0.3 is 9.84 Å². The molecule has 1 fully saturated rings. The van der Waals surface area contributed by atoms with E-state index in [-0.39, 0.29) is 12.2 Å². The van der Waals surface area contributed by atoms with Crippen molar-refractivity contribution >= 4 is 0 Å². The van der Waals surface area contributed by atoms with Gasteiger partial charge >= 0.3 is 0 Å². The molecular formula is C25H26FNO2. The lowest BCUT2D eigenvalue weighted by Crippen LogP contribution is -2.53. The quantitative estimate of drug-likeness (QED) is 0.685. The highest BCUT2D eigenvalue weighted by Crippen LogP contribution is 2.34. The van der Waals surface area contributed by atoms with Gasteiger partial charge in [0.2, 0.25) is 0 Å². The van der Waals surface area contributed by atoms with Crippen molar-refractivity contribution in [1.82, 2.24) is 4.90 Å². The lowest BCUT2D eigenvalue weighted by molar-refractivity contribution is -0.150. The van der Waals surface area contributed by atoms with Crippen molar-refractivity contribution in [2.24, 2.45) is 0 Å². The first kappa shape index (κ1) is 19.8. The highest BCUT2D eigenvalue weighted by molar-refractivity contribution is 5.29. The molecule has 150 valence electrons. The number of aliphatic hydroxyl groups is 1. The third-order valence-electron chi connectivity index (χ3n) is 5.62. The van der Waals surface area contributed by atoms with Crippen LogP contribution in [0.25, 0.3) is 0 Å². The summed E-state index contributed by atoms with van der Waals surface area (Å²) in [6, 6.07) is 26.4. The standard InChI is InChI=1S/C25H26FNO2/c26-23-14-8-7-11-21(23)17-25(28,22-12-5-2-6-13-22)24-19-27(15-16-29-24)18-20-9-3-1-4-10-20/h1-14,24,28H,15-19H2/t24?,25-/m1/s1. The molecule has 3 aromatic carbocycles. The van der Waals surface area contributed by atoms with Crippen LogP contribution in [0, 0.1) is 5.82 Å². The van der Waals surface area contributed by atoms with E-state index in [0.717, 1.165) is 18.7 Å². The molecule has 0 aromatic heterocycles. The van der Waals surface area contributed by atoms with Gasteiger partial charge in [-0.3, -0.25) is 4.90 Å². The van der Waals surface area contributed by atoms with Crippen molar-refractivity contribution in [2.45, 2.75) is 24.7 Å². The van der Waals surface area contributed by atoms with Crippen LogP contribution < -0.4 is 0 Å². The Morgan fingerprint density at radius 2 is 1.59 bits per heavy atom. The molecule has 3 nitrogen and oxygen atoms in total. The zero-order chi connectivity index (χ0) is 20.1. The van der Waals surface area contributed by atoms with E-state index >= 15 is 0 Å². The Labute approximate surface area is 171 Å². The van der Waals surface area contributed by atoms with Gasteiger partial charge in [-0.1, -0.05) is 78.9 Å². The van der Waals surface area contributed by atoms with E-state index in [0.29, 0.717) is 18.7 Å². The molecule has 1 aliphatic rings. The smallest absolute Gasteiger partial charge is 0.126 e. The molecular weight excluding hydrogens is 365 g/mol. The molecule has 0 aliphatic carbocycles. The fourth-order valence-electron chi connectivity index (χ4n) is 4.04. The van der Waals surface area contributed by atoms with Crippen molar-refractivity contribution in [1.29, 1.82) is 0 Å². The Morgan fingerprint density at radius 1 is 0.931 bits per heavy atom. The van der Waals surface area contributed by atoms with Crippen LogP contribution in [0.1, 0.15) is 16.7 Å². The molecule has 0 amide bonds. The number of hydrogen-bond acceptors (Lipinski definition) is 3. The summed E-state index contributed by atoms with van der Waals surface area (Å²) in [7, 11) is 0. The molecule has 1 N–H and O–H groups in total. The average molecular weight is 391 g/mol. The molecule has 0 saturated carbocycles. The van der Waals surface area contributed by atoms with Gasteiger partial charge in [-0.15, -0.1) is 0 Å². The van der Waals surface area contributed by atoms with Gasteiger partial charge in [0.1, 0.15) is 17.5 Å². The summed E-state index contributed by atoms with van der Waals surface area (Å²) in [4.78, 5) is 2.29. The van der Waals surface area contributed by atoms with Crippen LogP contribution in [-0.2, 0) is 23.3 Å². The first-order valence-corrected chi connectivity index (χ1v) is 10.0. The predicted molar refractivity (Wildman–Crippen MR) is 112 cm³/mol. The molecule has 2 atom stereocenters. The number of benzene rings is 3. The molecule has 29 heavy (non-hydrogen) atoms. The second kappa shape index (κ2) is 8.87. The summed E-state index contributed by atoms with van der Waals surface area (Å²) < 4.78 is 20.5. The highest BCUT2D eigenvalue weighted by Gasteiger charge is 2.42. The Morgan fingerprint density at radius 3 is 2.31 bits per heavy atom. The zero-order valence-electron chi connectivity index (χ0n) is 16.4. The minimum Gasteiger partial charge on any atom is -0.382 e. The van der Waals surface area contributed by atoms with Crippen molar-refractivity contribution in [3.05, 3.63) is 107 Å². The van der Waals surface area contributed by atoms with Gasteiger partial charge in [0, 0.05) is 26.1 Å². The molecule has 0 spiro atoms. The molecule has 1 saturated heterocycles. The number of ether oxygens (including phenoxy) is 1. The first-order chi connectivity index (χ1) is 14.1. The zero-order valence-corrected chi connectivity index (χ0v) is 16.4. The van der Waals surface area contributed by atoms with Crippen molar-refractivity contribution in [3.8, 4) is 0 Å². The number of rotatable bonds is 6. The fourth-order valence-corrected chi connectivity index (χ4v) is 4.04. The Kier molecular flexibility index (Phi) is 6.05. The molecule has 4 rings (SSSR count). The van der Waals surface area contributed by atoms with E-state index in [1.54, 1.807) is 18.2 Å². The Bertz CT molecular complexity index is 918. The van der Waals surface area contributed by atoms with Crippen molar-refractivity contribution in [3.63, 3.8) is 0 Å². The van der Waals surface area contributed by atoms with Crippen LogP contribution in [-0.4, -0.2) is 35.8 Å². The van der Waals surface area contributed by atoms with Crippen LogP contribution in [0.3, 0.4) is 0 Å².